The molecule has 4 rings (SSSR count). The van der Waals surface area contributed by atoms with E-state index in [9.17, 15) is 4.79 Å². The molecular weight excluding hydrogens is 348 g/mol. The van der Waals surface area contributed by atoms with Crippen LogP contribution in [0.25, 0.3) is 11.5 Å². The van der Waals surface area contributed by atoms with E-state index in [0.717, 1.165) is 11.3 Å². The molecule has 0 spiro atoms. The molecule has 26 heavy (non-hydrogen) atoms. The van der Waals surface area contributed by atoms with Gasteiger partial charge < -0.3 is 14.3 Å². The molecule has 7 heteroatoms. The van der Waals surface area contributed by atoms with E-state index in [1.165, 1.54) is 4.88 Å². The van der Waals surface area contributed by atoms with Gasteiger partial charge in [0.25, 0.3) is 5.89 Å². The molecule has 1 fully saturated rings. The van der Waals surface area contributed by atoms with Crippen LogP contribution in [0, 0.1) is 0 Å². The molecule has 1 aliphatic rings. The van der Waals surface area contributed by atoms with Gasteiger partial charge in [0.2, 0.25) is 5.91 Å². The zero-order chi connectivity index (χ0) is 18.1. The van der Waals surface area contributed by atoms with Crippen LogP contribution in [0.4, 0.5) is 5.69 Å². The van der Waals surface area contributed by atoms with E-state index < -0.39 is 0 Å². The highest BCUT2D eigenvalue weighted by molar-refractivity contribution is 7.09. The Bertz CT molecular complexity index is 887. The maximum atomic E-state index is 12.3. The molecule has 1 aliphatic heterocycles. The number of amides is 1. The molecule has 1 saturated heterocycles. The summed E-state index contributed by atoms with van der Waals surface area (Å²) in [5.41, 5.74) is 1.99. The standard InChI is InChI=1S/C19H20N4O2S/c1-22(2)15-7-5-13(6-8-15)19-20-18(21-25-19)14-10-17(24)23(11-14)12-16-4-3-9-26-16/h3-9,14H,10-12H2,1-2H3. The van der Waals surface area contributed by atoms with E-state index in [1.54, 1.807) is 11.3 Å². The number of aromatic nitrogens is 2. The van der Waals surface area contributed by atoms with Crippen LogP contribution in [0.5, 0.6) is 0 Å². The summed E-state index contributed by atoms with van der Waals surface area (Å²) in [5.74, 6) is 1.24. The predicted molar refractivity (Wildman–Crippen MR) is 101 cm³/mol. The van der Waals surface area contributed by atoms with Gasteiger partial charge in [0, 0.05) is 49.1 Å². The highest BCUT2D eigenvalue weighted by Crippen LogP contribution is 2.30. The maximum Gasteiger partial charge on any atom is 0.257 e. The van der Waals surface area contributed by atoms with Crippen LogP contribution >= 0.6 is 11.3 Å². The molecule has 0 aliphatic carbocycles. The fourth-order valence-corrected chi connectivity index (χ4v) is 3.83. The third kappa shape index (κ3) is 3.35. The number of nitrogens with zero attached hydrogens (tertiary/aromatic N) is 4. The molecule has 3 heterocycles. The van der Waals surface area contributed by atoms with E-state index in [0.29, 0.717) is 31.2 Å². The topological polar surface area (TPSA) is 62.5 Å². The van der Waals surface area contributed by atoms with E-state index in [4.69, 9.17) is 4.52 Å². The van der Waals surface area contributed by atoms with Crippen molar-refractivity contribution in [3.05, 3.63) is 52.5 Å². The number of thiophene rings is 1. The van der Waals surface area contributed by atoms with E-state index in [2.05, 4.69) is 16.2 Å². The first-order chi connectivity index (χ1) is 12.6. The lowest BCUT2D eigenvalue weighted by molar-refractivity contribution is -0.128. The predicted octanol–water partition coefficient (Wildman–Crippen LogP) is 3.38. The monoisotopic (exact) mass is 368 g/mol. The average molecular weight is 368 g/mol. The summed E-state index contributed by atoms with van der Waals surface area (Å²) in [6.07, 6.45) is 0.434. The summed E-state index contributed by atoms with van der Waals surface area (Å²) in [4.78, 5) is 21.9. The molecule has 3 aromatic rings. The molecule has 0 saturated carbocycles. The number of carbonyl (C=O) groups excluding carboxylic acids is 1. The van der Waals surface area contributed by atoms with Crippen LogP contribution in [0.3, 0.4) is 0 Å². The van der Waals surface area contributed by atoms with Gasteiger partial charge in [-0.1, -0.05) is 11.2 Å². The van der Waals surface area contributed by atoms with Crippen LogP contribution in [-0.2, 0) is 11.3 Å². The smallest absolute Gasteiger partial charge is 0.257 e. The summed E-state index contributed by atoms with van der Waals surface area (Å²) >= 11 is 1.67. The fourth-order valence-electron chi connectivity index (χ4n) is 3.11. The Morgan fingerprint density at radius 2 is 2.08 bits per heavy atom. The Kier molecular flexibility index (Phi) is 4.46. The van der Waals surface area contributed by atoms with Crippen LogP contribution in [0.1, 0.15) is 23.0 Å². The third-order valence-corrected chi connectivity index (χ3v) is 5.44. The number of rotatable bonds is 5. The lowest BCUT2D eigenvalue weighted by Gasteiger charge is -2.14. The van der Waals surface area contributed by atoms with Gasteiger partial charge in [-0.15, -0.1) is 11.3 Å². The summed E-state index contributed by atoms with van der Waals surface area (Å²) in [7, 11) is 4.00. The minimum atomic E-state index is -0.0130. The van der Waals surface area contributed by atoms with Gasteiger partial charge in [-0.2, -0.15) is 4.98 Å². The molecule has 0 bridgehead atoms. The van der Waals surface area contributed by atoms with Gasteiger partial charge in [-0.3, -0.25) is 4.79 Å². The van der Waals surface area contributed by atoms with Crippen molar-refractivity contribution in [1.29, 1.82) is 0 Å². The van der Waals surface area contributed by atoms with E-state index in [1.807, 2.05) is 59.6 Å². The molecule has 1 atom stereocenters. The second kappa shape index (κ2) is 6.92. The van der Waals surface area contributed by atoms with Crippen LogP contribution in [0.15, 0.2) is 46.3 Å². The highest BCUT2D eigenvalue weighted by atomic mass is 32.1. The lowest BCUT2D eigenvalue weighted by Crippen LogP contribution is -2.23. The number of carbonyl (C=O) groups is 1. The van der Waals surface area contributed by atoms with Gasteiger partial charge >= 0.3 is 0 Å². The summed E-state index contributed by atoms with van der Waals surface area (Å²) in [5, 5.41) is 6.15. The van der Waals surface area contributed by atoms with Crippen molar-refractivity contribution in [2.45, 2.75) is 18.9 Å². The third-order valence-electron chi connectivity index (χ3n) is 4.58. The zero-order valence-electron chi connectivity index (χ0n) is 14.8. The Morgan fingerprint density at radius 1 is 1.27 bits per heavy atom. The Morgan fingerprint density at radius 3 is 2.77 bits per heavy atom. The van der Waals surface area contributed by atoms with Crippen molar-refractivity contribution in [1.82, 2.24) is 15.0 Å². The van der Waals surface area contributed by atoms with E-state index in [-0.39, 0.29) is 11.8 Å². The highest BCUT2D eigenvalue weighted by Gasteiger charge is 2.33. The molecule has 1 unspecified atom stereocenters. The second-order valence-electron chi connectivity index (χ2n) is 6.65. The lowest BCUT2D eigenvalue weighted by atomic mass is 10.1. The minimum Gasteiger partial charge on any atom is -0.378 e. The first kappa shape index (κ1) is 16.8. The van der Waals surface area contributed by atoms with Gasteiger partial charge in [0.1, 0.15) is 0 Å². The van der Waals surface area contributed by atoms with Crippen molar-refractivity contribution >= 4 is 22.9 Å². The number of benzene rings is 1. The SMILES string of the molecule is CN(C)c1ccc(-c2nc(C3CC(=O)N(Cc4cccs4)C3)no2)cc1. The normalized spacial score (nSPS) is 17.1. The molecule has 1 aromatic carbocycles. The molecule has 6 nitrogen and oxygen atoms in total. The summed E-state index contributed by atoms with van der Waals surface area (Å²) < 4.78 is 5.44. The fraction of sp³-hybridized carbons (Fsp3) is 0.316. The summed E-state index contributed by atoms with van der Waals surface area (Å²) in [6, 6.07) is 12.0. The van der Waals surface area contributed by atoms with Crippen LogP contribution in [0.2, 0.25) is 0 Å². The minimum absolute atomic E-state index is 0.0130. The quantitative estimate of drug-likeness (QED) is 0.691. The van der Waals surface area contributed by atoms with Gasteiger partial charge in [-0.25, -0.2) is 0 Å². The van der Waals surface area contributed by atoms with Gasteiger partial charge in [-0.05, 0) is 35.7 Å². The molecule has 2 aromatic heterocycles. The molecule has 0 N–H and O–H groups in total. The summed E-state index contributed by atoms with van der Waals surface area (Å²) in [6.45, 7) is 1.29. The van der Waals surface area contributed by atoms with E-state index >= 15 is 0 Å². The molecule has 0 radical (unpaired) electrons. The van der Waals surface area contributed by atoms with Crippen molar-refractivity contribution in [2.75, 3.05) is 25.5 Å². The number of anilines is 1. The average Bonchev–Trinajstić information content (AvgIpc) is 3.37. The number of hydrogen-bond acceptors (Lipinski definition) is 6. The Hall–Kier alpha value is -2.67. The number of likely N-dealkylation sites (tertiary alicyclic amines) is 1. The first-order valence-corrected chi connectivity index (χ1v) is 9.39. The second-order valence-corrected chi connectivity index (χ2v) is 7.69. The molecule has 1 amide bonds. The Balaban J connectivity index is 1.47. The Labute approximate surface area is 156 Å². The first-order valence-electron chi connectivity index (χ1n) is 8.51. The maximum absolute atomic E-state index is 12.3. The van der Waals surface area contributed by atoms with Gasteiger partial charge in [0.15, 0.2) is 5.82 Å². The molecular formula is C19H20N4O2S. The van der Waals surface area contributed by atoms with Crippen LogP contribution < -0.4 is 4.90 Å². The van der Waals surface area contributed by atoms with Crippen LogP contribution in [-0.4, -0.2) is 41.6 Å². The zero-order valence-corrected chi connectivity index (χ0v) is 15.6. The van der Waals surface area contributed by atoms with Gasteiger partial charge in [0.05, 0.1) is 6.54 Å². The largest absolute Gasteiger partial charge is 0.378 e. The van der Waals surface area contributed by atoms with Crippen molar-refractivity contribution in [3.8, 4) is 11.5 Å². The van der Waals surface area contributed by atoms with Crippen molar-refractivity contribution < 1.29 is 9.32 Å². The molecule has 134 valence electrons. The number of hydrogen-bond donors (Lipinski definition) is 0. The van der Waals surface area contributed by atoms with Crippen molar-refractivity contribution in [2.24, 2.45) is 0 Å². The van der Waals surface area contributed by atoms with Crippen molar-refractivity contribution in [3.63, 3.8) is 0 Å².